The molecule has 8 fully saturated rings. The van der Waals surface area contributed by atoms with Crippen molar-refractivity contribution in [2.75, 3.05) is 20.3 Å². The molecule has 0 bridgehead atoms. The molecule has 354 valence electrons. The van der Waals surface area contributed by atoms with Gasteiger partial charge in [0.15, 0.2) is 24.7 Å². The molecule has 5 heterocycles. The highest BCUT2D eigenvalue weighted by Gasteiger charge is 2.69. The van der Waals surface area contributed by atoms with E-state index in [1.165, 1.54) is 32.4 Å². The minimum Gasteiger partial charge on any atom is -0.394 e. The van der Waals surface area contributed by atoms with Crippen molar-refractivity contribution >= 4 is 0 Å². The number of aliphatic hydroxyl groups is 7. The van der Waals surface area contributed by atoms with Crippen LogP contribution < -0.4 is 0 Å². The molecule has 0 unspecified atom stereocenters. The highest BCUT2D eigenvalue weighted by atomic mass is 16.8. The molecule has 62 heavy (non-hydrogen) atoms. The van der Waals surface area contributed by atoms with Gasteiger partial charge in [0.25, 0.3) is 0 Å². The van der Waals surface area contributed by atoms with E-state index in [-0.39, 0.29) is 23.0 Å². The number of hydrogen-bond donors (Lipinski definition) is 7. The predicted molar refractivity (Wildman–Crippen MR) is 218 cm³/mol. The monoisotopic (exact) mass is 882 g/mol. The van der Waals surface area contributed by atoms with Gasteiger partial charge in [-0.05, 0) is 106 Å². The summed E-state index contributed by atoms with van der Waals surface area (Å²) in [4.78, 5) is 0. The van der Waals surface area contributed by atoms with Crippen LogP contribution in [0.3, 0.4) is 0 Å². The summed E-state index contributed by atoms with van der Waals surface area (Å²) >= 11 is 0. The molecule has 26 atom stereocenters. The molecule has 0 aromatic heterocycles. The third-order valence-electron chi connectivity index (χ3n) is 17.9. The van der Waals surface area contributed by atoms with Crippen molar-refractivity contribution in [1.29, 1.82) is 0 Å². The first kappa shape index (κ1) is 46.2. The molecule has 5 saturated heterocycles. The van der Waals surface area contributed by atoms with Crippen molar-refractivity contribution in [1.82, 2.24) is 0 Å². The van der Waals surface area contributed by atoms with Crippen LogP contribution in [0.4, 0.5) is 0 Å². The van der Waals surface area contributed by atoms with E-state index in [4.69, 9.17) is 42.6 Å². The summed E-state index contributed by atoms with van der Waals surface area (Å²) in [5.74, 6) is 2.70. The minimum atomic E-state index is -1.69. The quantitative estimate of drug-likeness (QED) is 0.173. The summed E-state index contributed by atoms with van der Waals surface area (Å²) in [6.07, 6.45) is -8.59. The molecule has 3 saturated carbocycles. The van der Waals surface area contributed by atoms with Gasteiger partial charge in [-0.2, -0.15) is 0 Å². The third kappa shape index (κ3) is 7.50. The molecule has 9 rings (SSSR count). The maximum Gasteiger partial charge on any atom is 0.187 e. The summed E-state index contributed by atoms with van der Waals surface area (Å²) in [5, 5.41) is 75.8. The molecule has 7 N–H and O–H groups in total. The predicted octanol–water partition coefficient (Wildman–Crippen LogP) is 1.90. The van der Waals surface area contributed by atoms with Gasteiger partial charge in [-0.3, -0.25) is 0 Å². The number of hydrogen-bond acceptors (Lipinski definition) is 16. The van der Waals surface area contributed by atoms with Gasteiger partial charge in [-0.1, -0.05) is 39.3 Å². The lowest BCUT2D eigenvalue weighted by Crippen LogP contribution is -2.66. The summed E-state index contributed by atoms with van der Waals surface area (Å²) in [7, 11) is 1.34. The van der Waals surface area contributed by atoms with Crippen LogP contribution in [0.25, 0.3) is 0 Å². The normalized spacial score (nSPS) is 57.6. The highest BCUT2D eigenvalue weighted by Crippen LogP contribution is 2.70. The SMILES string of the molecule is CO[C@H]1[C@H](O[C@H]2[C@H](O[C@H]3CC[C@@]4(C)C(=CC[C@H]5[C@@H]6C[C@@H]7O[C@]8(CC[C@@H](C)CO8)[C@@H](C)[C@@H]7[C@@]6(C)CC[C@@H]54)C3)O[C@H](CO)[C@@H](O[C@@H]3O[C@@H](C)[C@H](O)[C@@H](O)[C@H]3O)[C@@H]2O)O[C@@H](C)[C@H](O)[C@H]1O. The Balaban J connectivity index is 0.923. The fourth-order valence-electron chi connectivity index (χ4n) is 14.2. The highest BCUT2D eigenvalue weighted by molar-refractivity contribution is 5.26. The number of ether oxygens (including phenoxy) is 9. The molecule has 1 spiro atoms. The van der Waals surface area contributed by atoms with E-state index in [2.05, 4.69) is 33.8 Å². The lowest BCUT2D eigenvalue weighted by atomic mass is 9.47. The van der Waals surface area contributed by atoms with Crippen molar-refractivity contribution < 1.29 is 78.4 Å². The van der Waals surface area contributed by atoms with Crippen molar-refractivity contribution in [3.05, 3.63) is 11.6 Å². The van der Waals surface area contributed by atoms with Gasteiger partial charge in [0.2, 0.25) is 0 Å². The molecular formula is C46H74O16. The first-order valence-corrected chi connectivity index (χ1v) is 23.6. The first-order valence-electron chi connectivity index (χ1n) is 23.6. The second-order valence-corrected chi connectivity index (χ2v) is 21.3. The van der Waals surface area contributed by atoms with Crippen LogP contribution >= 0.6 is 0 Å². The second-order valence-electron chi connectivity index (χ2n) is 21.3. The largest absolute Gasteiger partial charge is 0.394 e. The van der Waals surface area contributed by atoms with Gasteiger partial charge in [0.05, 0.1) is 37.6 Å². The van der Waals surface area contributed by atoms with Crippen LogP contribution in [-0.4, -0.2) is 166 Å². The Kier molecular flexibility index (Phi) is 12.9. The van der Waals surface area contributed by atoms with Gasteiger partial charge in [0.1, 0.15) is 61.0 Å². The number of allylic oxidation sites excluding steroid dienone is 1. The van der Waals surface area contributed by atoms with E-state index in [1.807, 2.05) is 0 Å². The van der Waals surface area contributed by atoms with Gasteiger partial charge in [-0.25, -0.2) is 0 Å². The Morgan fingerprint density at radius 1 is 0.710 bits per heavy atom. The van der Waals surface area contributed by atoms with Crippen molar-refractivity contribution in [2.24, 2.45) is 46.3 Å². The van der Waals surface area contributed by atoms with Crippen LogP contribution in [-0.2, 0) is 42.6 Å². The van der Waals surface area contributed by atoms with E-state index in [0.29, 0.717) is 41.9 Å². The number of aliphatic hydroxyl groups excluding tert-OH is 7. The molecule has 0 radical (unpaired) electrons. The van der Waals surface area contributed by atoms with Crippen LogP contribution in [0.5, 0.6) is 0 Å². The van der Waals surface area contributed by atoms with Gasteiger partial charge in [-0.15, -0.1) is 0 Å². The Bertz CT molecular complexity index is 1610. The lowest BCUT2D eigenvalue weighted by Gasteiger charge is -2.59. The molecule has 16 heteroatoms. The molecule has 0 aromatic rings. The fraction of sp³-hybridized carbons (Fsp3) is 0.957. The molecule has 0 amide bonds. The summed E-state index contributed by atoms with van der Waals surface area (Å²) in [6.45, 7) is 12.9. The molecule has 0 aromatic carbocycles. The number of rotatable bonds is 8. The molecule has 9 aliphatic rings. The van der Waals surface area contributed by atoms with Crippen LogP contribution in [0.1, 0.15) is 99.3 Å². The summed E-state index contributed by atoms with van der Waals surface area (Å²) in [5.41, 5.74) is 1.58. The van der Waals surface area contributed by atoms with Crippen LogP contribution in [0.15, 0.2) is 11.6 Å². The summed E-state index contributed by atoms with van der Waals surface area (Å²) < 4.78 is 56.4. The molecule has 4 aliphatic carbocycles. The third-order valence-corrected chi connectivity index (χ3v) is 17.9. The zero-order valence-electron chi connectivity index (χ0n) is 37.4. The fourth-order valence-corrected chi connectivity index (χ4v) is 14.2. The maximum atomic E-state index is 12.1. The average Bonchev–Trinajstić information content (AvgIpc) is 3.70. The van der Waals surface area contributed by atoms with Gasteiger partial charge < -0.3 is 78.4 Å². The molecule has 16 nitrogen and oxygen atoms in total. The smallest absolute Gasteiger partial charge is 0.187 e. The number of fused-ring (bicyclic) bond motifs is 7. The Hall–Kier alpha value is -0.900. The van der Waals surface area contributed by atoms with E-state index in [0.717, 1.165) is 45.1 Å². The Labute approximate surface area is 365 Å². The average molecular weight is 883 g/mol. The van der Waals surface area contributed by atoms with Crippen molar-refractivity contribution in [3.63, 3.8) is 0 Å². The van der Waals surface area contributed by atoms with E-state index in [1.54, 1.807) is 6.92 Å². The Morgan fingerprint density at radius 2 is 1.40 bits per heavy atom. The van der Waals surface area contributed by atoms with E-state index in [9.17, 15) is 35.7 Å². The second kappa shape index (κ2) is 17.3. The zero-order chi connectivity index (χ0) is 44.2. The molecule has 5 aliphatic heterocycles. The van der Waals surface area contributed by atoms with Crippen LogP contribution in [0, 0.1) is 46.3 Å². The first-order chi connectivity index (χ1) is 29.4. The standard InChI is InChI=1S/C46H74O16/c1-20-10-15-46(55-19-20)21(2)31-29(62-46)17-28-26-9-8-24-16-25(11-13-44(24,5)27(26)12-14-45(28,31)6)58-43-40(61-42-39(54-7)35(51)33(49)23(4)57-42)37(53)38(30(18-47)59-43)60-41-36(52)34(50)32(48)22(3)56-41/h8,20-23,25-43,47-53H,9-19H2,1-7H3/t20-,21+,22+,23+,25+,26-,27+,28+,29+,30-,31+,32+,33+,34-,35-,36-,37+,38-,39-,40-,41+,42+,43-,44+,45+,46-/m1/s1. The van der Waals surface area contributed by atoms with E-state index >= 15 is 0 Å². The van der Waals surface area contributed by atoms with Gasteiger partial charge in [0, 0.05) is 19.4 Å². The Morgan fingerprint density at radius 3 is 2.10 bits per heavy atom. The van der Waals surface area contributed by atoms with Crippen LogP contribution in [0.2, 0.25) is 0 Å². The minimum absolute atomic E-state index is 0.00161. The molecular weight excluding hydrogens is 808 g/mol. The van der Waals surface area contributed by atoms with E-state index < -0.39 is 105 Å². The topological polar surface area (TPSA) is 225 Å². The van der Waals surface area contributed by atoms with Gasteiger partial charge >= 0.3 is 0 Å². The maximum absolute atomic E-state index is 12.1. The number of methoxy groups -OCH3 is 1. The van der Waals surface area contributed by atoms with Crippen molar-refractivity contribution in [2.45, 2.75) is 209 Å². The summed E-state index contributed by atoms with van der Waals surface area (Å²) in [6, 6.07) is 0. The zero-order valence-corrected chi connectivity index (χ0v) is 37.4. The van der Waals surface area contributed by atoms with Crippen molar-refractivity contribution in [3.8, 4) is 0 Å². The lowest BCUT2D eigenvalue weighted by molar-refractivity contribution is -0.389.